The molecule has 0 bridgehead atoms. The molecular weight excluding hydrogens is 300 g/mol. The van der Waals surface area contributed by atoms with Crippen LogP contribution in [0.2, 0.25) is 0 Å². The van der Waals surface area contributed by atoms with Crippen molar-refractivity contribution >= 4 is 15.9 Å². The number of nitrogens with two attached hydrogens (primary N) is 1. The molecule has 0 atom stereocenters. The molecule has 2 fully saturated rings. The minimum atomic E-state index is -3.52. The number of hydrogen-bond donors (Lipinski definition) is 1. The molecule has 2 saturated heterocycles. The zero-order valence-electron chi connectivity index (χ0n) is 12.8. The van der Waals surface area contributed by atoms with Gasteiger partial charge in [-0.3, -0.25) is 4.90 Å². The van der Waals surface area contributed by atoms with Crippen LogP contribution in [0.25, 0.3) is 0 Å². The summed E-state index contributed by atoms with van der Waals surface area (Å²) in [4.78, 5) is 4.91. The van der Waals surface area contributed by atoms with E-state index in [-0.39, 0.29) is 0 Å². The summed E-state index contributed by atoms with van der Waals surface area (Å²) in [7, 11) is -3.52. The fraction of sp³-hybridized carbons (Fsp3) is 0.600. The Labute approximate surface area is 132 Å². The second kappa shape index (κ2) is 6.54. The lowest BCUT2D eigenvalue weighted by atomic mass is 10.0. The topological polar surface area (TPSA) is 69.9 Å². The van der Waals surface area contributed by atoms with Crippen molar-refractivity contribution in [1.29, 1.82) is 0 Å². The lowest BCUT2D eigenvalue weighted by Gasteiger charge is -2.42. The molecule has 0 radical (unpaired) electrons. The third-order valence-electron chi connectivity index (χ3n) is 4.74. The molecule has 0 amide bonds. The third kappa shape index (κ3) is 3.60. The van der Waals surface area contributed by atoms with Crippen LogP contribution in [0.5, 0.6) is 0 Å². The molecule has 122 valence electrons. The van der Waals surface area contributed by atoms with Crippen molar-refractivity contribution in [1.82, 2.24) is 9.21 Å². The Morgan fingerprint density at radius 1 is 0.909 bits per heavy atom. The van der Waals surface area contributed by atoms with E-state index in [0.717, 1.165) is 39.0 Å². The largest absolute Gasteiger partial charge is 0.369 e. The predicted molar refractivity (Wildman–Crippen MR) is 87.9 cm³/mol. The van der Waals surface area contributed by atoms with Crippen molar-refractivity contribution in [3.63, 3.8) is 0 Å². The molecule has 1 aromatic rings. The van der Waals surface area contributed by atoms with Crippen LogP contribution in [0.1, 0.15) is 12.8 Å². The van der Waals surface area contributed by atoms with Crippen LogP contribution in [0.4, 0.5) is 5.69 Å². The maximum Gasteiger partial charge on any atom is 0.276 e. The molecule has 1 aromatic carbocycles. The van der Waals surface area contributed by atoms with Gasteiger partial charge in [-0.15, -0.1) is 0 Å². The van der Waals surface area contributed by atoms with Crippen molar-refractivity contribution < 1.29 is 8.42 Å². The van der Waals surface area contributed by atoms with Crippen molar-refractivity contribution in [2.24, 2.45) is 5.14 Å². The average Bonchev–Trinajstić information content (AvgIpc) is 2.55. The van der Waals surface area contributed by atoms with Gasteiger partial charge in [0.15, 0.2) is 0 Å². The molecule has 0 aromatic heterocycles. The standard InChI is InChI=1S/C15H24N4O2S/c16-22(20,21)19-8-6-15(7-9-19)18-12-10-17(11-13-18)14-4-2-1-3-5-14/h1-5,15H,6-13H2,(H2,16,20,21). The van der Waals surface area contributed by atoms with E-state index in [1.807, 2.05) is 6.07 Å². The van der Waals surface area contributed by atoms with Gasteiger partial charge in [0.2, 0.25) is 0 Å². The second-order valence-corrected chi connectivity index (χ2v) is 7.58. The van der Waals surface area contributed by atoms with Gasteiger partial charge in [-0.05, 0) is 25.0 Å². The molecule has 22 heavy (non-hydrogen) atoms. The summed E-state index contributed by atoms with van der Waals surface area (Å²) in [5.74, 6) is 0. The van der Waals surface area contributed by atoms with E-state index in [0.29, 0.717) is 19.1 Å². The first kappa shape index (κ1) is 15.7. The van der Waals surface area contributed by atoms with Crippen molar-refractivity contribution in [3.8, 4) is 0 Å². The molecular formula is C15H24N4O2S. The molecule has 0 saturated carbocycles. The highest BCUT2D eigenvalue weighted by Crippen LogP contribution is 2.21. The summed E-state index contributed by atoms with van der Waals surface area (Å²) < 4.78 is 24.1. The molecule has 2 N–H and O–H groups in total. The van der Waals surface area contributed by atoms with Gasteiger partial charge in [0.25, 0.3) is 10.2 Å². The first-order valence-electron chi connectivity index (χ1n) is 7.86. The summed E-state index contributed by atoms with van der Waals surface area (Å²) in [6.45, 7) is 5.22. The molecule has 3 rings (SSSR count). The number of piperazine rings is 1. The Balaban J connectivity index is 1.51. The van der Waals surface area contributed by atoms with Crippen molar-refractivity contribution in [2.75, 3.05) is 44.2 Å². The maximum atomic E-state index is 11.4. The van der Waals surface area contributed by atoms with Crippen LogP contribution in [0.15, 0.2) is 30.3 Å². The van der Waals surface area contributed by atoms with E-state index in [2.05, 4.69) is 34.1 Å². The smallest absolute Gasteiger partial charge is 0.276 e. The number of para-hydroxylation sites is 1. The van der Waals surface area contributed by atoms with Gasteiger partial charge in [-0.2, -0.15) is 12.7 Å². The Hall–Kier alpha value is -1.15. The molecule has 0 spiro atoms. The summed E-state index contributed by atoms with van der Waals surface area (Å²) in [6.07, 6.45) is 1.75. The zero-order valence-corrected chi connectivity index (χ0v) is 13.6. The lowest BCUT2D eigenvalue weighted by Crippen LogP contribution is -2.54. The van der Waals surface area contributed by atoms with Crippen molar-refractivity contribution in [3.05, 3.63) is 30.3 Å². The highest BCUT2D eigenvalue weighted by Gasteiger charge is 2.30. The minimum absolute atomic E-state index is 0.482. The normalized spacial score (nSPS) is 22.9. The predicted octanol–water partition coefficient (Wildman–Crippen LogP) is 0.477. The van der Waals surface area contributed by atoms with Gasteiger partial charge in [0.05, 0.1) is 0 Å². The highest BCUT2D eigenvalue weighted by atomic mass is 32.2. The van der Waals surface area contributed by atoms with Gasteiger partial charge in [0.1, 0.15) is 0 Å². The Kier molecular flexibility index (Phi) is 4.67. The zero-order chi connectivity index (χ0) is 15.6. The summed E-state index contributed by atoms with van der Waals surface area (Å²) in [6, 6.07) is 11.0. The van der Waals surface area contributed by atoms with E-state index >= 15 is 0 Å². The number of hydrogen-bond acceptors (Lipinski definition) is 4. The van der Waals surface area contributed by atoms with Gasteiger partial charge >= 0.3 is 0 Å². The minimum Gasteiger partial charge on any atom is -0.369 e. The molecule has 2 aliphatic heterocycles. The molecule has 7 heteroatoms. The van der Waals surface area contributed by atoms with Crippen LogP contribution < -0.4 is 10.0 Å². The fourth-order valence-corrected chi connectivity index (χ4v) is 4.17. The molecule has 2 aliphatic rings. The summed E-state index contributed by atoms with van der Waals surface area (Å²) in [5, 5.41) is 5.19. The highest BCUT2D eigenvalue weighted by molar-refractivity contribution is 7.86. The Bertz CT molecular complexity index is 577. The maximum absolute atomic E-state index is 11.4. The second-order valence-electron chi connectivity index (χ2n) is 6.03. The quantitative estimate of drug-likeness (QED) is 0.878. The molecule has 2 heterocycles. The Morgan fingerprint density at radius 3 is 2.05 bits per heavy atom. The summed E-state index contributed by atoms with van der Waals surface area (Å²) in [5.41, 5.74) is 1.28. The van der Waals surface area contributed by atoms with E-state index in [1.54, 1.807) is 0 Å². The third-order valence-corrected chi connectivity index (χ3v) is 5.82. The van der Waals surface area contributed by atoms with E-state index in [4.69, 9.17) is 5.14 Å². The van der Waals surface area contributed by atoms with Crippen LogP contribution in [0.3, 0.4) is 0 Å². The number of benzene rings is 1. The molecule has 0 unspecified atom stereocenters. The number of piperidine rings is 1. The average molecular weight is 324 g/mol. The van der Waals surface area contributed by atoms with Gasteiger partial charge in [0, 0.05) is 51.0 Å². The lowest BCUT2D eigenvalue weighted by molar-refractivity contribution is 0.132. The van der Waals surface area contributed by atoms with Crippen LogP contribution in [0, 0.1) is 0 Å². The molecule has 6 nitrogen and oxygen atoms in total. The van der Waals surface area contributed by atoms with Crippen LogP contribution >= 0.6 is 0 Å². The summed E-state index contributed by atoms with van der Waals surface area (Å²) >= 11 is 0. The SMILES string of the molecule is NS(=O)(=O)N1CCC(N2CCN(c3ccccc3)CC2)CC1. The first-order chi connectivity index (χ1) is 10.5. The number of nitrogens with zero attached hydrogens (tertiary/aromatic N) is 3. The van der Waals surface area contributed by atoms with Crippen molar-refractivity contribution in [2.45, 2.75) is 18.9 Å². The van der Waals surface area contributed by atoms with Gasteiger partial charge in [-0.25, -0.2) is 5.14 Å². The molecule has 0 aliphatic carbocycles. The van der Waals surface area contributed by atoms with E-state index in [9.17, 15) is 8.42 Å². The number of rotatable bonds is 3. The fourth-order valence-electron chi connectivity index (χ4n) is 3.45. The van der Waals surface area contributed by atoms with Crippen LogP contribution in [-0.4, -0.2) is 62.9 Å². The van der Waals surface area contributed by atoms with E-state index < -0.39 is 10.2 Å². The first-order valence-corrected chi connectivity index (χ1v) is 9.36. The van der Waals surface area contributed by atoms with E-state index in [1.165, 1.54) is 9.99 Å². The monoisotopic (exact) mass is 324 g/mol. The Morgan fingerprint density at radius 2 is 1.50 bits per heavy atom. The van der Waals surface area contributed by atoms with Gasteiger partial charge < -0.3 is 4.90 Å². The number of anilines is 1. The van der Waals surface area contributed by atoms with Crippen LogP contribution in [-0.2, 0) is 10.2 Å². The van der Waals surface area contributed by atoms with Gasteiger partial charge in [-0.1, -0.05) is 18.2 Å².